The van der Waals surface area contributed by atoms with Gasteiger partial charge in [-0.25, -0.2) is 4.98 Å². The Kier molecular flexibility index (Phi) is 3.50. The van der Waals surface area contributed by atoms with E-state index in [2.05, 4.69) is 31.2 Å². The zero-order valence-corrected chi connectivity index (χ0v) is 13.0. The number of nitrogens with zero attached hydrogens (tertiary/aromatic N) is 2. The molecule has 0 unspecified atom stereocenters. The molecular weight excluding hydrogens is 338 g/mol. The predicted molar refractivity (Wildman–Crippen MR) is 84.2 cm³/mol. The number of anilines is 1. The van der Waals surface area contributed by atoms with Gasteiger partial charge in [-0.2, -0.15) is 0 Å². The third kappa shape index (κ3) is 2.44. The van der Waals surface area contributed by atoms with Crippen LogP contribution in [0, 0.1) is 6.92 Å². The lowest BCUT2D eigenvalue weighted by Gasteiger charge is -2.07. The van der Waals surface area contributed by atoms with Crippen LogP contribution in [0.5, 0.6) is 0 Å². The van der Waals surface area contributed by atoms with Crippen LogP contribution in [0.3, 0.4) is 0 Å². The van der Waals surface area contributed by atoms with E-state index in [-0.39, 0.29) is 5.91 Å². The van der Waals surface area contributed by atoms with Gasteiger partial charge in [-0.05, 0) is 35.0 Å². The first kappa shape index (κ1) is 13.2. The normalized spacial score (nSPS) is 10.7. The van der Waals surface area contributed by atoms with Gasteiger partial charge in [-0.3, -0.25) is 9.78 Å². The average Bonchev–Trinajstić information content (AvgIpc) is 2.85. The van der Waals surface area contributed by atoms with E-state index in [0.29, 0.717) is 10.6 Å². The summed E-state index contributed by atoms with van der Waals surface area (Å²) in [5.74, 6) is -0.151. The zero-order valence-electron chi connectivity index (χ0n) is 10.6. The Balaban J connectivity index is 1.99. The smallest absolute Gasteiger partial charge is 0.267 e. The number of halogens is 1. The molecule has 4 nitrogen and oxygen atoms in total. The zero-order chi connectivity index (χ0) is 14.1. The number of aryl methyl sites for hydroxylation is 1. The molecule has 0 spiro atoms. The maximum absolute atomic E-state index is 12.2. The number of pyridine rings is 1. The van der Waals surface area contributed by atoms with Crippen LogP contribution in [0.4, 0.5) is 5.69 Å². The number of nitrogens with one attached hydrogen (secondary N) is 1. The fraction of sp³-hybridized carbons (Fsp3) is 0.0714. The van der Waals surface area contributed by atoms with Crippen molar-refractivity contribution >= 4 is 49.8 Å². The van der Waals surface area contributed by atoms with E-state index in [0.717, 1.165) is 21.1 Å². The highest BCUT2D eigenvalue weighted by atomic mass is 79.9. The highest BCUT2D eigenvalue weighted by Crippen LogP contribution is 2.25. The lowest BCUT2D eigenvalue weighted by Crippen LogP contribution is -2.12. The molecule has 0 saturated carbocycles. The summed E-state index contributed by atoms with van der Waals surface area (Å²) in [7, 11) is 0. The lowest BCUT2D eigenvalue weighted by atomic mass is 10.2. The number of aromatic nitrogens is 2. The van der Waals surface area contributed by atoms with Crippen molar-refractivity contribution in [2.75, 3.05) is 5.32 Å². The van der Waals surface area contributed by atoms with Gasteiger partial charge >= 0.3 is 0 Å². The van der Waals surface area contributed by atoms with Crippen molar-refractivity contribution in [2.45, 2.75) is 6.92 Å². The first-order chi connectivity index (χ1) is 9.65. The van der Waals surface area contributed by atoms with Crippen molar-refractivity contribution in [3.63, 3.8) is 0 Å². The Morgan fingerprint density at radius 2 is 2.20 bits per heavy atom. The predicted octanol–water partition coefficient (Wildman–Crippen LogP) is 4.01. The largest absolute Gasteiger partial charge is 0.319 e. The number of benzene rings is 1. The summed E-state index contributed by atoms with van der Waals surface area (Å²) in [4.78, 5) is 21.3. The molecule has 2 aromatic heterocycles. The minimum atomic E-state index is -0.151. The standard InChI is InChI=1S/C14H10BrN3OS/c1-8-13(20-7-17-8)14(19)18-11-4-2-3-9-5-10(15)6-16-12(9)11/h2-7H,1H3,(H,18,19). The van der Waals surface area contributed by atoms with Gasteiger partial charge in [0.1, 0.15) is 4.88 Å². The van der Waals surface area contributed by atoms with E-state index < -0.39 is 0 Å². The molecule has 0 atom stereocenters. The summed E-state index contributed by atoms with van der Waals surface area (Å²) in [5, 5.41) is 3.87. The molecule has 0 fully saturated rings. The highest BCUT2D eigenvalue weighted by molar-refractivity contribution is 9.10. The molecule has 0 bridgehead atoms. The topological polar surface area (TPSA) is 54.9 Å². The highest BCUT2D eigenvalue weighted by Gasteiger charge is 2.13. The molecule has 0 aliphatic carbocycles. The second-order valence-electron chi connectivity index (χ2n) is 4.25. The van der Waals surface area contributed by atoms with E-state index >= 15 is 0 Å². The molecule has 1 aromatic carbocycles. The number of rotatable bonds is 2. The average molecular weight is 348 g/mol. The maximum Gasteiger partial charge on any atom is 0.267 e. The van der Waals surface area contributed by atoms with Crippen LogP contribution in [-0.2, 0) is 0 Å². The molecule has 2 heterocycles. The molecule has 1 amide bonds. The van der Waals surface area contributed by atoms with Gasteiger partial charge in [0, 0.05) is 16.1 Å². The SMILES string of the molecule is Cc1ncsc1C(=O)Nc1cccc2cc(Br)cnc12. The lowest BCUT2D eigenvalue weighted by molar-refractivity contribution is 0.103. The van der Waals surface area contributed by atoms with Gasteiger partial charge in [-0.15, -0.1) is 11.3 Å². The maximum atomic E-state index is 12.2. The molecule has 0 saturated heterocycles. The fourth-order valence-corrected chi connectivity index (χ4v) is 2.98. The van der Waals surface area contributed by atoms with Gasteiger partial charge in [0.05, 0.1) is 22.4 Å². The van der Waals surface area contributed by atoms with Crippen molar-refractivity contribution in [1.82, 2.24) is 9.97 Å². The number of para-hydroxylation sites is 1. The van der Waals surface area contributed by atoms with Crippen molar-refractivity contribution in [2.24, 2.45) is 0 Å². The molecule has 100 valence electrons. The first-order valence-corrected chi connectivity index (χ1v) is 7.58. The Morgan fingerprint density at radius 1 is 1.35 bits per heavy atom. The fourth-order valence-electron chi connectivity index (χ4n) is 1.93. The van der Waals surface area contributed by atoms with Crippen LogP contribution in [0.25, 0.3) is 10.9 Å². The molecule has 3 rings (SSSR count). The summed E-state index contributed by atoms with van der Waals surface area (Å²) < 4.78 is 0.909. The van der Waals surface area contributed by atoms with Crippen LogP contribution in [0.1, 0.15) is 15.4 Å². The van der Waals surface area contributed by atoms with Crippen molar-refractivity contribution < 1.29 is 4.79 Å². The van der Waals surface area contributed by atoms with Gasteiger partial charge in [0.15, 0.2) is 0 Å². The van der Waals surface area contributed by atoms with Crippen LogP contribution in [0.15, 0.2) is 40.4 Å². The number of thiazole rings is 1. The van der Waals surface area contributed by atoms with Gasteiger partial charge < -0.3 is 5.32 Å². The third-order valence-corrected chi connectivity index (χ3v) is 4.24. The Morgan fingerprint density at radius 3 is 2.95 bits per heavy atom. The number of carbonyl (C=O) groups is 1. The molecule has 20 heavy (non-hydrogen) atoms. The second-order valence-corrected chi connectivity index (χ2v) is 6.02. The molecule has 0 radical (unpaired) electrons. The van der Waals surface area contributed by atoms with Crippen molar-refractivity contribution in [3.05, 3.63) is 51.0 Å². The molecular formula is C14H10BrN3OS. The van der Waals surface area contributed by atoms with Gasteiger partial charge in [0.25, 0.3) is 5.91 Å². The third-order valence-electron chi connectivity index (χ3n) is 2.88. The summed E-state index contributed by atoms with van der Waals surface area (Å²) in [6, 6.07) is 7.67. The monoisotopic (exact) mass is 347 g/mol. The Labute approximate surface area is 128 Å². The molecule has 1 N–H and O–H groups in total. The molecule has 0 aliphatic rings. The number of hydrogen-bond donors (Lipinski definition) is 1. The number of fused-ring (bicyclic) bond motifs is 1. The van der Waals surface area contributed by atoms with Crippen LogP contribution >= 0.6 is 27.3 Å². The van der Waals surface area contributed by atoms with E-state index in [1.54, 1.807) is 11.7 Å². The van der Waals surface area contributed by atoms with Crippen molar-refractivity contribution in [3.8, 4) is 0 Å². The van der Waals surface area contributed by atoms with Crippen LogP contribution in [0.2, 0.25) is 0 Å². The van der Waals surface area contributed by atoms with Gasteiger partial charge in [-0.1, -0.05) is 12.1 Å². The molecule has 6 heteroatoms. The number of hydrogen-bond acceptors (Lipinski definition) is 4. The second kappa shape index (κ2) is 5.30. The minimum absolute atomic E-state index is 0.151. The Hall–Kier alpha value is -1.79. The van der Waals surface area contributed by atoms with E-state index in [1.807, 2.05) is 31.2 Å². The number of carbonyl (C=O) groups excluding carboxylic acids is 1. The molecule has 0 aliphatic heterocycles. The summed E-state index contributed by atoms with van der Waals surface area (Å²) in [6.45, 7) is 1.82. The van der Waals surface area contributed by atoms with E-state index in [4.69, 9.17) is 0 Å². The van der Waals surface area contributed by atoms with E-state index in [1.165, 1.54) is 11.3 Å². The quantitative estimate of drug-likeness (QED) is 0.761. The van der Waals surface area contributed by atoms with Crippen LogP contribution < -0.4 is 5.32 Å². The Bertz CT molecular complexity index is 800. The van der Waals surface area contributed by atoms with Crippen molar-refractivity contribution in [1.29, 1.82) is 0 Å². The van der Waals surface area contributed by atoms with E-state index in [9.17, 15) is 4.79 Å². The number of amides is 1. The summed E-state index contributed by atoms with van der Waals surface area (Å²) in [6.07, 6.45) is 1.72. The summed E-state index contributed by atoms with van der Waals surface area (Å²) in [5.41, 5.74) is 3.88. The van der Waals surface area contributed by atoms with Crippen LogP contribution in [-0.4, -0.2) is 15.9 Å². The molecule has 3 aromatic rings. The van der Waals surface area contributed by atoms with Gasteiger partial charge in [0.2, 0.25) is 0 Å². The summed E-state index contributed by atoms with van der Waals surface area (Å²) >= 11 is 4.73. The minimum Gasteiger partial charge on any atom is -0.319 e. The first-order valence-electron chi connectivity index (χ1n) is 5.91.